The molecule has 0 amide bonds. The van der Waals surface area contributed by atoms with Crippen molar-refractivity contribution < 1.29 is 14.2 Å². The first-order chi connectivity index (χ1) is 14.8. The molecule has 31 heavy (non-hydrogen) atoms. The summed E-state index contributed by atoms with van der Waals surface area (Å²) in [6, 6.07) is 11.1. The minimum atomic E-state index is -0.762. The highest BCUT2D eigenvalue weighted by Gasteiger charge is 2.50. The third kappa shape index (κ3) is 3.68. The Morgan fingerprint density at radius 1 is 1.16 bits per heavy atom. The molecule has 1 aliphatic heterocycles. The van der Waals surface area contributed by atoms with E-state index in [0.717, 1.165) is 27.9 Å². The molecular formula is C23H24N4O4. The average molecular weight is 420 g/mol. The van der Waals surface area contributed by atoms with Crippen LogP contribution in [0.25, 0.3) is 10.9 Å². The number of rotatable bonds is 4. The van der Waals surface area contributed by atoms with Crippen LogP contribution in [0.1, 0.15) is 25.6 Å². The lowest BCUT2D eigenvalue weighted by Gasteiger charge is -2.22. The molecule has 3 aromatic rings. The molecule has 0 saturated carbocycles. The standard InChI is InChI=1S/C23H24N4O4/c1-13-4-5-14-6-7-16(11-17(14)25-13)29-12-15-10-18(21-20(15)30-23(2,3)31-21)27-9-8-19(24)26-22(27)28/h4-11,18,20-21H,12H2,1-3H3,(H2,24,26,28)/t18-,20-,21+/m1/s1. The van der Waals surface area contributed by atoms with E-state index in [2.05, 4.69) is 9.97 Å². The van der Waals surface area contributed by atoms with E-state index >= 15 is 0 Å². The summed E-state index contributed by atoms with van der Waals surface area (Å²) in [4.78, 5) is 20.8. The summed E-state index contributed by atoms with van der Waals surface area (Å²) in [5.74, 6) is 0.144. The molecule has 2 aromatic heterocycles. The maximum Gasteiger partial charge on any atom is 0.350 e. The van der Waals surface area contributed by atoms with Gasteiger partial charge in [0.05, 0.1) is 11.6 Å². The molecule has 0 bridgehead atoms. The highest BCUT2D eigenvalue weighted by atomic mass is 16.8. The Balaban J connectivity index is 1.42. The quantitative estimate of drug-likeness (QED) is 0.648. The SMILES string of the molecule is Cc1ccc2ccc(OCC3=C[C@@H](n4ccc(N)nc4=O)[C@@H]4OC(C)(C)O[C@H]34)cc2n1. The number of pyridine rings is 1. The van der Waals surface area contributed by atoms with Gasteiger partial charge >= 0.3 is 5.69 Å². The minimum absolute atomic E-state index is 0.187. The summed E-state index contributed by atoms with van der Waals surface area (Å²) in [6.07, 6.45) is 2.94. The van der Waals surface area contributed by atoms with Crippen molar-refractivity contribution in [1.29, 1.82) is 0 Å². The lowest BCUT2D eigenvalue weighted by Crippen LogP contribution is -2.35. The molecule has 0 spiro atoms. The van der Waals surface area contributed by atoms with E-state index in [1.807, 2.05) is 57.2 Å². The number of ether oxygens (including phenoxy) is 3. The Bertz CT molecular complexity index is 1250. The van der Waals surface area contributed by atoms with E-state index in [0.29, 0.717) is 6.61 Å². The summed E-state index contributed by atoms with van der Waals surface area (Å²) < 4.78 is 19.9. The Labute approximate surface area is 179 Å². The van der Waals surface area contributed by atoms with Crippen molar-refractivity contribution in [2.45, 2.75) is 44.8 Å². The molecule has 2 aliphatic rings. The van der Waals surface area contributed by atoms with Gasteiger partial charge in [0.25, 0.3) is 0 Å². The molecule has 0 unspecified atom stereocenters. The zero-order valence-corrected chi connectivity index (χ0v) is 17.6. The second-order valence-corrected chi connectivity index (χ2v) is 8.39. The topological polar surface area (TPSA) is 101 Å². The van der Waals surface area contributed by atoms with E-state index < -0.39 is 11.5 Å². The summed E-state index contributed by atoms with van der Waals surface area (Å²) in [6.45, 7) is 6.00. The van der Waals surface area contributed by atoms with E-state index in [-0.39, 0.29) is 24.1 Å². The second kappa shape index (κ2) is 7.18. The number of hydrogen-bond donors (Lipinski definition) is 1. The molecule has 0 radical (unpaired) electrons. The van der Waals surface area contributed by atoms with Gasteiger partial charge in [-0.3, -0.25) is 9.55 Å². The molecule has 2 N–H and O–H groups in total. The van der Waals surface area contributed by atoms with E-state index in [4.69, 9.17) is 19.9 Å². The molecule has 1 fully saturated rings. The van der Waals surface area contributed by atoms with Crippen LogP contribution >= 0.6 is 0 Å². The van der Waals surface area contributed by atoms with Crippen LogP contribution in [0, 0.1) is 6.92 Å². The Kier molecular flexibility index (Phi) is 4.56. The maximum atomic E-state index is 12.4. The van der Waals surface area contributed by atoms with Crippen molar-refractivity contribution in [3.05, 3.63) is 70.4 Å². The van der Waals surface area contributed by atoms with Gasteiger partial charge in [-0.15, -0.1) is 0 Å². The summed E-state index contributed by atoms with van der Waals surface area (Å²) in [7, 11) is 0. The van der Waals surface area contributed by atoms with Crippen molar-refractivity contribution in [2.75, 3.05) is 12.3 Å². The fraction of sp³-hybridized carbons (Fsp3) is 0.348. The number of aromatic nitrogens is 3. The van der Waals surface area contributed by atoms with Gasteiger partial charge in [0.15, 0.2) is 5.79 Å². The van der Waals surface area contributed by atoms with Crippen molar-refractivity contribution in [3.63, 3.8) is 0 Å². The monoisotopic (exact) mass is 420 g/mol. The van der Waals surface area contributed by atoms with E-state index in [1.54, 1.807) is 12.3 Å². The Morgan fingerprint density at radius 2 is 1.97 bits per heavy atom. The number of fused-ring (bicyclic) bond motifs is 2. The summed E-state index contributed by atoms with van der Waals surface area (Å²) in [5, 5.41) is 1.06. The predicted octanol–water partition coefficient (Wildman–Crippen LogP) is 2.76. The van der Waals surface area contributed by atoms with Crippen LogP contribution in [0.2, 0.25) is 0 Å². The smallest absolute Gasteiger partial charge is 0.350 e. The van der Waals surface area contributed by atoms with Crippen molar-refractivity contribution in [3.8, 4) is 5.75 Å². The molecule has 8 nitrogen and oxygen atoms in total. The van der Waals surface area contributed by atoms with E-state index in [1.165, 1.54) is 4.57 Å². The molecule has 1 saturated heterocycles. The molecule has 1 aliphatic carbocycles. The fourth-order valence-corrected chi connectivity index (χ4v) is 4.21. The predicted molar refractivity (Wildman–Crippen MR) is 116 cm³/mol. The van der Waals surface area contributed by atoms with Crippen LogP contribution in [0.5, 0.6) is 5.75 Å². The number of nitrogens with two attached hydrogens (primary N) is 1. The molecule has 3 atom stereocenters. The highest BCUT2D eigenvalue weighted by Crippen LogP contribution is 2.43. The first-order valence-corrected chi connectivity index (χ1v) is 10.2. The van der Waals surface area contributed by atoms with Gasteiger partial charge < -0.3 is 19.9 Å². The number of anilines is 1. The minimum Gasteiger partial charge on any atom is -0.489 e. The van der Waals surface area contributed by atoms with E-state index in [9.17, 15) is 4.79 Å². The van der Waals surface area contributed by atoms with Crippen LogP contribution in [-0.2, 0) is 9.47 Å². The van der Waals surface area contributed by atoms with Crippen LogP contribution < -0.4 is 16.2 Å². The van der Waals surface area contributed by atoms with Gasteiger partial charge in [0, 0.05) is 23.3 Å². The number of nitrogen functional groups attached to an aromatic ring is 1. The van der Waals surface area contributed by atoms with Gasteiger partial charge in [0.2, 0.25) is 0 Å². The molecule has 1 aromatic carbocycles. The lowest BCUT2D eigenvalue weighted by atomic mass is 10.1. The molecule has 8 heteroatoms. The number of aryl methyl sites for hydroxylation is 1. The van der Waals surface area contributed by atoms with Gasteiger partial charge in [-0.2, -0.15) is 4.98 Å². The molecule has 160 valence electrons. The molecule has 5 rings (SSSR count). The Morgan fingerprint density at radius 3 is 2.77 bits per heavy atom. The van der Waals surface area contributed by atoms with Crippen LogP contribution in [0.15, 0.2) is 59.0 Å². The number of benzene rings is 1. The molecular weight excluding hydrogens is 396 g/mol. The summed E-state index contributed by atoms with van der Waals surface area (Å²) in [5.41, 5.74) is 7.97. The third-order valence-electron chi connectivity index (χ3n) is 5.60. The van der Waals surface area contributed by atoms with Gasteiger partial charge in [-0.25, -0.2) is 4.79 Å². The highest BCUT2D eigenvalue weighted by molar-refractivity contribution is 5.80. The van der Waals surface area contributed by atoms with Gasteiger partial charge in [-0.1, -0.05) is 12.1 Å². The van der Waals surface area contributed by atoms with Crippen molar-refractivity contribution in [1.82, 2.24) is 14.5 Å². The van der Waals surface area contributed by atoms with Crippen LogP contribution in [-0.4, -0.2) is 39.1 Å². The first-order valence-electron chi connectivity index (χ1n) is 10.2. The zero-order chi connectivity index (χ0) is 21.8. The lowest BCUT2D eigenvalue weighted by molar-refractivity contribution is -0.148. The van der Waals surface area contributed by atoms with Crippen molar-refractivity contribution in [2.24, 2.45) is 0 Å². The maximum absolute atomic E-state index is 12.4. The third-order valence-corrected chi connectivity index (χ3v) is 5.60. The first kappa shape index (κ1) is 19.7. The largest absolute Gasteiger partial charge is 0.489 e. The number of nitrogens with zero attached hydrogens (tertiary/aromatic N) is 3. The Hall–Kier alpha value is -3.23. The molecule has 3 heterocycles. The normalized spacial score (nSPS) is 24.2. The van der Waals surface area contributed by atoms with Gasteiger partial charge in [0.1, 0.15) is 30.4 Å². The van der Waals surface area contributed by atoms with Gasteiger partial charge in [-0.05, 0) is 50.6 Å². The zero-order valence-electron chi connectivity index (χ0n) is 17.6. The fourth-order valence-electron chi connectivity index (χ4n) is 4.21. The summed E-state index contributed by atoms with van der Waals surface area (Å²) >= 11 is 0. The van der Waals surface area contributed by atoms with Crippen LogP contribution in [0.3, 0.4) is 0 Å². The number of hydrogen-bond acceptors (Lipinski definition) is 7. The van der Waals surface area contributed by atoms with Crippen LogP contribution in [0.4, 0.5) is 5.82 Å². The average Bonchev–Trinajstić information content (AvgIpc) is 3.19. The van der Waals surface area contributed by atoms with Crippen molar-refractivity contribution >= 4 is 16.7 Å². The second-order valence-electron chi connectivity index (χ2n) is 8.39.